The second-order valence-electron chi connectivity index (χ2n) is 16.2. The molecule has 344 valence electrons. The lowest BCUT2D eigenvalue weighted by Crippen LogP contribution is -2.29. The molecule has 0 bridgehead atoms. The van der Waals surface area contributed by atoms with Crippen molar-refractivity contribution in [2.45, 2.75) is 62.2 Å². The van der Waals surface area contributed by atoms with E-state index in [1.807, 2.05) is 41.5 Å². The first-order valence-electron chi connectivity index (χ1n) is 19.5. The molecule has 0 fully saturated rings. The minimum atomic E-state index is -4.04. The minimum absolute atomic E-state index is 0.0198. The SMILES string of the molecule is CC(C)(C)c1ccc(S(=O)(=O)Nc2cc(Cl)cnc2C(=O)O)cc1.CN(C(=O)c1ncc(Cl)cc1NS(=O)(=O)c1ccc(C(C)(C)C)cc1)c1ccccc1F.CNc1ccccc1F. The van der Waals surface area contributed by atoms with Crippen LogP contribution in [0, 0.1) is 11.6 Å². The predicted octanol–water partition coefficient (Wildman–Crippen LogP) is 10.6. The molecule has 6 rings (SSSR count). The van der Waals surface area contributed by atoms with E-state index >= 15 is 0 Å². The summed E-state index contributed by atoms with van der Waals surface area (Å²) in [6.07, 6.45) is 2.36. The van der Waals surface area contributed by atoms with Crippen LogP contribution in [0.25, 0.3) is 0 Å². The molecule has 0 spiro atoms. The Labute approximate surface area is 388 Å². The number of carbonyl (C=O) groups excluding carboxylic acids is 1. The Morgan fingerprint density at radius 2 is 1.02 bits per heavy atom. The predicted molar refractivity (Wildman–Crippen MR) is 252 cm³/mol. The highest BCUT2D eigenvalue weighted by molar-refractivity contribution is 7.93. The number of sulfonamides is 2. The first-order valence-corrected chi connectivity index (χ1v) is 23.2. The fraction of sp³-hybridized carbons (Fsp3) is 0.217. The van der Waals surface area contributed by atoms with Crippen LogP contribution in [0.1, 0.15) is 73.6 Å². The van der Waals surface area contributed by atoms with Crippen LogP contribution in [0.4, 0.5) is 31.5 Å². The summed E-state index contributed by atoms with van der Waals surface area (Å²) in [6, 6.07) is 27.7. The molecule has 0 unspecified atom stereocenters. The van der Waals surface area contributed by atoms with Crippen molar-refractivity contribution in [1.29, 1.82) is 0 Å². The van der Waals surface area contributed by atoms with Gasteiger partial charge in [-0.15, -0.1) is 0 Å². The van der Waals surface area contributed by atoms with Gasteiger partial charge in [0.2, 0.25) is 0 Å². The number of carboxylic acid groups (broad SMARTS) is 1. The highest BCUT2D eigenvalue weighted by Crippen LogP contribution is 2.29. The Bertz CT molecular complexity index is 2880. The molecular formula is C46H48Cl2F2N6O7S2. The van der Waals surface area contributed by atoms with Crippen LogP contribution < -0.4 is 19.7 Å². The average Bonchev–Trinajstić information content (AvgIpc) is 3.23. The zero-order chi connectivity index (χ0) is 48.5. The van der Waals surface area contributed by atoms with Gasteiger partial charge in [0.15, 0.2) is 11.4 Å². The number of para-hydroxylation sites is 2. The van der Waals surface area contributed by atoms with Crippen molar-refractivity contribution in [1.82, 2.24) is 9.97 Å². The second-order valence-corrected chi connectivity index (χ2v) is 20.4. The van der Waals surface area contributed by atoms with E-state index in [-0.39, 0.29) is 59.2 Å². The van der Waals surface area contributed by atoms with Crippen molar-refractivity contribution in [2.24, 2.45) is 0 Å². The Morgan fingerprint density at radius 1 is 0.615 bits per heavy atom. The molecule has 1 amide bonds. The van der Waals surface area contributed by atoms with Gasteiger partial charge in [-0.05, 0) is 82.6 Å². The van der Waals surface area contributed by atoms with Crippen LogP contribution in [0.5, 0.6) is 0 Å². The van der Waals surface area contributed by atoms with Gasteiger partial charge in [0, 0.05) is 26.5 Å². The number of benzene rings is 4. The third kappa shape index (κ3) is 13.9. The summed E-state index contributed by atoms with van der Waals surface area (Å²) in [6.45, 7) is 12.1. The molecule has 2 aromatic heterocycles. The quantitative estimate of drug-likeness (QED) is 0.103. The number of aromatic nitrogens is 2. The summed E-state index contributed by atoms with van der Waals surface area (Å²) in [7, 11) is -4.93. The molecule has 19 heteroatoms. The van der Waals surface area contributed by atoms with E-state index in [1.165, 1.54) is 73.9 Å². The number of halogens is 4. The molecule has 65 heavy (non-hydrogen) atoms. The smallest absolute Gasteiger partial charge is 0.356 e. The molecule has 0 saturated carbocycles. The summed E-state index contributed by atoms with van der Waals surface area (Å²) in [5, 5.41) is 12.1. The maximum atomic E-state index is 14.1. The third-order valence-electron chi connectivity index (χ3n) is 9.33. The van der Waals surface area contributed by atoms with Crippen molar-refractivity contribution in [3.8, 4) is 0 Å². The number of carbonyl (C=O) groups is 2. The first kappa shape index (κ1) is 51.5. The van der Waals surface area contributed by atoms with E-state index in [2.05, 4.69) is 24.7 Å². The van der Waals surface area contributed by atoms with E-state index in [0.29, 0.717) is 5.69 Å². The van der Waals surface area contributed by atoms with Crippen molar-refractivity contribution >= 4 is 77.9 Å². The molecule has 0 aliphatic heterocycles. The summed E-state index contributed by atoms with van der Waals surface area (Å²) in [4.78, 5) is 32.9. The lowest BCUT2D eigenvalue weighted by molar-refractivity contribution is 0.0691. The number of pyridine rings is 2. The maximum absolute atomic E-state index is 14.1. The topological polar surface area (TPSA) is 188 Å². The molecule has 0 saturated heterocycles. The molecule has 4 aromatic carbocycles. The summed E-state index contributed by atoms with van der Waals surface area (Å²) < 4.78 is 82.2. The van der Waals surface area contributed by atoms with Crippen LogP contribution >= 0.6 is 23.2 Å². The number of nitrogens with one attached hydrogen (secondary N) is 3. The van der Waals surface area contributed by atoms with Gasteiger partial charge in [0.1, 0.15) is 11.6 Å². The highest BCUT2D eigenvalue weighted by Gasteiger charge is 2.26. The lowest BCUT2D eigenvalue weighted by Gasteiger charge is -2.20. The van der Waals surface area contributed by atoms with Gasteiger partial charge in [-0.25, -0.2) is 40.4 Å². The van der Waals surface area contributed by atoms with Gasteiger partial charge in [-0.3, -0.25) is 14.2 Å². The molecular weight excluding hydrogens is 922 g/mol. The number of aromatic carboxylic acids is 1. The Kier molecular flexibility index (Phi) is 16.8. The fourth-order valence-corrected chi connectivity index (χ4v) is 8.14. The number of hydrogen-bond acceptors (Lipinski definition) is 9. The Hall–Kier alpha value is -6.14. The number of carboxylic acids is 1. The van der Waals surface area contributed by atoms with Crippen molar-refractivity contribution in [2.75, 3.05) is 33.8 Å². The molecule has 0 atom stereocenters. The molecule has 13 nitrogen and oxygen atoms in total. The van der Waals surface area contributed by atoms with Gasteiger partial charge in [0.05, 0.1) is 42.6 Å². The standard InChI is InChI=1S/C23H23ClFN3O3S.C16H17ClN2O4S.C7H8FN/c1-23(2,3)15-9-11-17(12-10-15)32(30,31)27-19-13-16(24)14-26-21(19)22(29)28(4)20-8-6-5-7-18(20)25;1-16(2,3)10-4-6-12(7-5-10)24(22,23)19-13-8-11(17)9-18-14(13)15(20)21;1-9-7-5-3-2-4-6(7)8/h5-14,27H,1-4H3;4-9,19H,1-3H3,(H,20,21);2-5,9H,1H3. The normalized spacial score (nSPS) is 11.5. The summed E-state index contributed by atoms with van der Waals surface area (Å²) >= 11 is 11.8. The first-order chi connectivity index (χ1) is 30.2. The zero-order valence-electron chi connectivity index (χ0n) is 36.6. The molecule has 2 heterocycles. The Morgan fingerprint density at radius 3 is 1.40 bits per heavy atom. The number of nitrogens with zero attached hydrogens (tertiary/aromatic N) is 3. The molecule has 0 aliphatic rings. The van der Waals surface area contributed by atoms with E-state index in [4.69, 9.17) is 28.3 Å². The third-order valence-corrected chi connectivity index (χ3v) is 12.5. The summed E-state index contributed by atoms with van der Waals surface area (Å²) in [5.41, 5.74) is 1.36. The monoisotopic (exact) mass is 968 g/mol. The minimum Gasteiger partial charge on any atom is -0.476 e. The highest BCUT2D eigenvalue weighted by atomic mass is 35.5. The molecule has 0 radical (unpaired) electrons. The van der Waals surface area contributed by atoms with Crippen LogP contribution in [-0.2, 0) is 30.9 Å². The maximum Gasteiger partial charge on any atom is 0.356 e. The molecule has 6 aromatic rings. The zero-order valence-corrected chi connectivity index (χ0v) is 39.8. The second kappa shape index (κ2) is 21.2. The van der Waals surface area contributed by atoms with Gasteiger partial charge >= 0.3 is 5.97 Å². The van der Waals surface area contributed by atoms with Gasteiger partial charge in [0.25, 0.3) is 26.0 Å². The van der Waals surface area contributed by atoms with Crippen molar-refractivity contribution < 1.29 is 40.3 Å². The van der Waals surface area contributed by atoms with E-state index in [1.54, 1.807) is 55.6 Å². The van der Waals surface area contributed by atoms with Crippen LogP contribution in [0.3, 0.4) is 0 Å². The molecule has 4 N–H and O–H groups in total. The Balaban J connectivity index is 0.000000245. The van der Waals surface area contributed by atoms with Gasteiger partial charge < -0.3 is 15.3 Å². The van der Waals surface area contributed by atoms with Crippen LogP contribution in [-0.4, -0.2) is 57.9 Å². The van der Waals surface area contributed by atoms with Crippen molar-refractivity contribution in [3.05, 3.63) is 166 Å². The number of anilines is 4. The van der Waals surface area contributed by atoms with E-state index in [0.717, 1.165) is 22.2 Å². The number of rotatable bonds is 10. The van der Waals surface area contributed by atoms with Crippen LogP contribution in [0.15, 0.2) is 131 Å². The average molecular weight is 970 g/mol. The van der Waals surface area contributed by atoms with Crippen molar-refractivity contribution in [3.63, 3.8) is 0 Å². The largest absolute Gasteiger partial charge is 0.476 e. The van der Waals surface area contributed by atoms with Crippen LogP contribution in [0.2, 0.25) is 10.0 Å². The number of hydrogen-bond donors (Lipinski definition) is 4. The molecule has 0 aliphatic carbocycles. The van der Waals surface area contributed by atoms with E-state index in [9.17, 15) is 35.2 Å². The lowest BCUT2D eigenvalue weighted by atomic mass is 9.87. The van der Waals surface area contributed by atoms with Gasteiger partial charge in [-0.2, -0.15) is 0 Å². The fourth-order valence-electron chi connectivity index (χ4n) is 5.71. The number of amides is 1. The van der Waals surface area contributed by atoms with E-state index < -0.39 is 43.4 Å². The summed E-state index contributed by atoms with van der Waals surface area (Å²) in [5.74, 6) is -2.86. The van der Waals surface area contributed by atoms with Gasteiger partial charge in [-0.1, -0.05) is 113 Å².